The first kappa shape index (κ1) is 12.0. The van der Waals surface area contributed by atoms with E-state index in [1.807, 2.05) is 0 Å². The Balaban J connectivity index is 2.03. The first-order valence-corrected chi connectivity index (χ1v) is 6.77. The summed E-state index contributed by atoms with van der Waals surface area (Å²) in [6.45, 7) is 0.753. The first-order valence-electron chi connectivity index (χ1n) is 5.65. The maximum Gasteiger partial charge on any atom is 0.220 e. The molecule has 1 amide bonds. The Morgan fingerprint density at radius 3 is 2.64 bits per heavy atom. The molecule has 0 bridgehead atoms. The molecule has 0 heterocycles. The summed E-state index contributed by atoms with van der Waals surface area (Å²) in [4.78, 5) is 11.3. The van der Waals surface area contributed by atoms with Crippen molar-refractivity contribution in [3.8, 4) is 0 Å². The molecule has 1 N–H and O–H groups in total. The number of hydrogen-bond acceptors (Lipinski definition) is 1. The van der Waals surface area contributed by atoms with Gasteiger partial charge in [-0.1, -0.05) is 48.0 Å². The van der Waals surface area contributed by atoms with Crippen molar-refractivity contribution in [2.45, 2.75) is 44.9 Å². The quantitative estimate of drug-likeness (QED) is 0.758. The van der Waals surface area contributed by atoms with Gasteiger partial charge in [0.25, 0.3) is 0 Å². The lowest BCUT2D eigenvalue weighted by Crippen LogP contribution is -2.25. The van der Waals surface area contributed by atoms with Crippen LogP contribution in [0.2, 0.25) is 0 Å². The molecule has 0 aliphatic heterocycles. The van der Waals surface area contributed by atoms with Crippen molar-refractivity contribution < 1.29 is 4.79 Å². The molecule has 0 saturated heterocycles. The van der Waals surface area contributed by atoms with E-state index in [1.165, 1.54) is 32.1 Å². The van der Waals surface area contributed by atoms with Crippen molar-refractivity contribution in [3.63, 3.8) is 0 Å². The van der Waals surface area contributed by atoms with Gasteiger partial charge in [-0.3, -0.25) is 4.79 Å². The third-order valence-electron chi connectivity index (χ3n) is 2.92. The standard InChI is InChI=1S/C11H20BrNO/c12-8-9-13-11(14)7-6-10-4-2-1-3-5-10/h10H,1-9H2,(H,13,14). The molecule has 1 fully saturated rings. The van der Waals surface area contributed by atoms with Crippen molar-refractivity contribution in [2.75, 3.05) is 11.9 Å². The molecule has 1 saturated carbocycles. The summed E-state index contributed by atoms with van der Waals surface area (Å²) in [5.74, 6) is 1.04. The fourth-order valence-corrected chi connectivity index (χ4v) is 2.28. The van der Waals surface area contributed by atoms with Crippen LogP contribution in [0.15, 0.2) is 0 Å². The van der Waals surface area contributed by atoms with Gasteiger partial charge < -0.3 is 5.32 Å². The van der Waals surface area contributed by atoms with Gasteiger partial charge in [-0.25, -0.2) is 0 Å². The minimum absolute atomic E-state index is 0.218. The van der Waals surface area contributed by atoms with Gasteiger partial charge in [0, 0.05) is 18.3 Å². The molecule has 1 rings (SSSR count). The van der Waals surface area contributed by atoms with Gasteiger partial charge in [0.1, 0.15) is 0 Å². The fraction of sp³-hybridized carbons (Fsp3) is 0.909. The Bertz CT molecular complexity index is 167. The lowest BCUT2D eigenvalue weighted by atomic mass is 9.86. The molecule has 0 spiro atoms. The molecule has 0 aromatic carbocycles. The van der Waals surface area contributed by atoms with Crippen molar-refractivity contribution >= 4 is 21.8 Å². The van der Waals surface area contributed by atoms with Crippen LogP contribution in [-0.4, -0.2) is 17.8 Å². The van der Waals surface area contributed by atoms with Crippen LogP contribution in [0.25, 0.3) is 0 Å². The van der Waals surface area contributed by atoms with Crippen molar-refractivity contribution in [2.24, 2.45) is 5.92 Å². The average molecular weight is 262 g/mol. The number of rotatable bonds is 5. The van der Waals surface area contributed by atoms with Crippen LogP contribution in [0.4, 0.5) is 0 Å². The second-order valence-electron chi connectivity index (χ2n) is 4.08. The van der Waals surface area contributed by atoms with E-state index in [-0.39, 0.29) is 5.91 Å². The second-order valence-corrected chi connectivity index (χ2v) is 4.87. The highest BCUT2D eigenvalue weighted by Crippen LogP contribution is 2.26. The highest BCUT2D eigenvalue weighted by Gasteiger charge is 2.14. The molecule has 0 aromatic heterocycles. The molecule has 1 aliphatic carbocycles. The van der Waals surface area contributed by atoms with E-state index in [1.54, 1.807) is 0 Å². The molecule has 0 aromatic rings. The van der Waals surface area contributed by atoms with Crippen LogP contribution in [0.1, 0.15) is 44.9 Å². The average Bonchev–Trinajstić information content (AvgIpc) is 2.25. The van der Waals surface area contributed by atoms with E-state index in [0.29, 0.717) is 0 Å². The molecule has 14 heavy (non-hydrogen) atoms. The van der Waals surface area contributed by atoms with Crippen LogP contribution < -0.4 is 5.32 Å². The van der Waals surface area contributed by atoms with Crippen LogP contribution in [0.5, 0.6) is 0 Å². The number of hydrogen-bond donors (Lipinski definition) is 1. The van der Waals surface area contributed by atoms with E-state index in [2.05, 4.69) is 21.2 Å². The van der Waals surface area contributed by atoms with Crippen molar-refractivity contribution in [1.29, 1.82) is 0 Å². The van der Waals surface area contributed by atoms with Crippen LogP contribution >= 0.6 is 15.9 Å². The fourth-order valence-electron chi connectivity index (χ4n) is 2.09. The Hall–Kier alpha value is -0.0500. The van der Waals surface area contributed by atoms with Gasteiger partial charge in [-0.2, -0.15) is 0 Å². The molecule has 1 aliphatic rings. The lowest BCUT2D eigenvalue weighted by Gasteiger charge is -2.20. The number of halogens is 1. The molecular weight excluding hydrogens is 242 g/mol. The minimum atomic E-state index is 0.218. The minimum Gasteiger partial charge on any atom is -0.355 e. The molecule has 82 valence electrons. The van der Waals surface area contributed by atoms with Gasteiger partial charge in [0.05, 0.1) is 0 Å². The lowest BCUT2D eigenvalue weighted by molar-refractivity contribution is -0.121. The zero-order chi connectivity index (χ0) is 10.2. The third-order valence-corrected chi connectivity index (χ3v) is 3.32. The largest absolute Gasteiger partial charge is 0.355 e. The number of amides is 1. The zero-order valence-corrected chi connectivity index (χ0v) is 10.3. The summed E-state index contributed by atoms with van der Waals surface area (Å²) in [5, 5.41) is 3.74. The van der Waals surface area contributed by atoms with Gasteiger partial charge in [-0.15, -0.1) is 0 Å². The first-order chi connectivity index (χ1) is 6.83. The van der Waals surface area contributed by atoms with Crippen LogP contribution in [-0.2, 0) is 4.79 Å². The van der Waals surface area contributed by atoms with Crippen LogP contribution in [0.3, 0.4) is 0 Å². The summed E-state index contributed by atoms with van der Waals surface area (Å²) < 4.78 is 0. The molecule has 3 heteroatoms. The van der Waals surface area contributed by atoms with Crippen molar-refractivity contribution in [3.05, 3.63) is 0 Å². The summed E-state index contributed by atoms with van der Waals surface area (Å²) in [6.07, 6.45) is 8.62. The van der Waals surface area contributed by atoms with Crippen LogP contribution in [0, 0.1) is 5.92 Å². The summed E-state index contributed by atoms with van der Waals surface area (Å²) in [5.41, 5.74) is 0. The van der Waals surface area contributed by atoms with Gasteiger partial charge in [-0.05, 0) is 12.3 Å². The van der Waals surface area contributed by atoms with E-state index < -0.39 is 0 Å². The highest BCUT2D eigenvalue weighted by molar-refractivity contribution is 9.09. The molecule has 2 nitrogen and oxygen atoms in total. The Kier molecular flexibility index (Phi) is 6.24. The van der Waals surface area contributed by atoms with E-state index >= 15 is 0 Å². The summed E-state index contributed by atoms with van der Waals surface area (Å²) >= 11 is 3.29. The SMILES string of the molecule is O=C(CCC1CCCCC1)NCCBr. The number of nitrogens with one attached hydrogen (secondary N) is 1. The Labute approximate surface area is 95.0 Å². The molecule has 0 atom stereocenters. The number of carbonyl (C=O) groups is 1. The number of carbonyl (C=O) groups excluding carboxylic acids is 1. The topological polar surface area (TPSA) is 29.1 Å². The monoisotopic (exact) mass is 261 g/mol. The maximum atomic E-state index is 11.3. The van der Waals surface area contributed by atoms with Gasteiger partial charge >= 0.3 is 0 Å². The van der Waals surface area contributed by atoms with Gasteiger partial charge in [0.15, 0.2) is 0 Å². The molecular formula is C11H20BrNO. The van der Waals surface area contributed by atoms with Gasteiger partial charge in [0.2, 0.25) is 5.91 Å². The Morgan fingerprint density at radius 2 is 2.00 bits per heavy atom. The van der Waals surface area contributed by atoms with E-state index in [9.17, 15) is 4.79 Å². The highest BCUT2D eigenvalue weighted by atomic mass is 79.9. The van der Waals surface area contributed by atoms with E-state index in [0.717, 1.165) is 30.6 Å². The Morgan fingerprint density at radius 1 is 1.29 bits per heavy atom. The summed E-state index contributed by atoms with van der Waals surface area (Å²) in [7, 11) is 0. The zero-order valence-electron chi connectivity index (χ0n) is 8.73. The molecule has 0 unspecified atom stereocenters. The predicted molar refractivity (Wildman–Crippen MR) is 62.6 cm³/mol. The van der Waals surface area contributed by atoms with E-state index in [4.69, 9.17) is 0 Å². The number of alkyl halides is 1. The third kappa shape index (κ3) is 4.99. The normalized spacial score (nSPS) is 18.1. The summed E-state index contributed by atoms with van der Waals surface area (Å²) in [6, 6.07) is 0. The van der Waals surface area contributed by atoms with Crippen molar-refractivity contribution in [1.82, 2.24) is 5.32 Å². The predicted octanol–water partition coefficient (Wildman–Crippen LogP) is 2.86. The molecule has 0 radical (unpaired) electrons. The maximum absolute atomic E-state index is 11.3. The smallest absolute Gasteiger partial charge is 0.220 e. The second kappa shape index (κ2) is 7.27.